The van der Waals surface area contributed by atoms with Gasteiger partial charge in [0.15, 0.2) is 5.60 Å². The van der Waals surface area contributed by atoms with E-state index in [9.17, 15) is 4.79 Å². The summed E-state index contributed by atoms with van der Waals surface area (Å²) >= 11 is 0. The van der Waals surface area contributed by atoms with E-state index in [0.29, 0.717) is 12.8 Å². The standard InChI is InChI=1S/C10H12O3/c1-7-3-4-8(12-7)10(2)6-5-9(11)13-10/h3-4H,5-6H2,1-2H3/t10-/m0/s1. The van der Waals surface area contributed by atoms with E-state index in [1.54, 1.807) is 0 Å². The first-order valence-electron chi connectivity index (χ1n) is 4.39. The van der Waals surface area contributed by atoms with Crippen LogP contribution in [-0.2, 0) is 15.1 Å². The molecule has 2 heterocycles. The van der Waals surface area contributed by atoms with Crippen LogP contribution < -0.4 is 0 Å². The van der Waals surface area contributed by atoms with Crippen molar-refractivity contribution in [3.8, 4) is 0 Å². The SMILES string of the molecule is Cc1ccc([C@]2(C)CCC(=O)O2)o1. The van der Waals surface area contributed by atoms with Gasteiger partial charge in [-0.1, -0.05) is 0 Å². The van der Waals surface area contributed by atoms with Crippen molar-refractivity contribution in [2.75, 3.05) is 0 Å². The molecule has 1 aromatic rings. The molecule has 13 heavy (non-hydrogen) atoms. The number of carbonyl (C=O) groups is 1. The highest BCUT2D eigenvalue weighted by Crippen LogP contribution is 2.36. The Balaban J connectivity index is 2.30. The summed E-state index contributed by atoms with van der Waals surface area (Å²) in [6, 6.07) is 3.75. The molecule has 0 amide bonds. The van der Waals surface area contributed by atoms with Gasteiger partial charge in [0.2, 0.25) is 0 Å². The summed E-state index contributed by atoms with van der Waals surface area (Å²) in [4.78, 5) is 11.0. The molecule has 0 unspecified atom stereocenters. The van der Waals surface area contributed by atoms with Gasteiger partial charge >= 0.3 is 5.97 Å². The van der Waals surface area contributed by atoms with E-state index in [0.717, 1.165) is 11.5 Å². The summed E-state index contributed by atoms with van der Waals surface area (Å²) in [7, 11) is 0. The van der Waals surface area contributed by atoms with Gasteiger partial charge in [-0.25, -0.2) is 0 Å². The van der Waals surface area contributed by atoms with Crippen molar-refractivity contribution in [1.29, 1.82) is 0 Å². The maximum atomic E-state index is 11.0. The first-order chi connectivity index (χ1) is 6.10. The minimum atomic E-state index is -0.536. The van der Waals surface area contributed by atoms with Crippen molar-refractivity contribution in [1.82, 2.24) is 0 Å². The molecular formula is C10H12O3. The lowest BCUT2D eigenvalue weighted by atomic mass is 10.00. The summed E-state index contributed by atoms with van der Waals surface area (Å²) in [5.41, 5.74) is -0.536. The van der Waals surface area contributed by atoms with Crippen LogP contribution in [0.15, 0.2) is 16.5 Å². The van der Waals surface area contributed by atoms with E-state index in [2.05, 4.69) is 0 Å². The molecule has 2 rings (SSSR count). The molecule has 0 aromatic carbocycles. The number of hydrogen-bond acceptors (Lipinski definition) is 3. The molecule has 0 saturated carbocycles. The normalized spacial score (nSPS) is 27.7. The van der Waals surface area contributed by atoms with Crippen LogP contribution in [0.2, 0.25) is 0 Å². The van der Waals surface area contributed by atoms with Gasteiger partial charge in [-0.05, 0) is 26.0 Å². The zero-order valence-corrected chi connectivity index (χ0v) is 7.79. The summed E-state index contributed by atoms with van der Waals surface area (Å²) in [6.45, 7) is 3.76. The number of carbonyl (C=O) groups excluding carboxylic acids is 1. The number of esters is 1. The fraction of sp³-hybridized carbons (Fsp3) is 0.500. The molecule has 70 valence electrons. The maximum Gasteiger partial charge on any atom is 0.306 e. The van der Waals surface area contributed by atoms with Crippen LogP contribution >= 0.6 is 0 Å². The molecular weight excluding hydrogens is 168 g/mol. The van der Waals surface area contributed by atoms with Crippen LogP contribution in [0.5, 0.6) is 0 Å². The van der Waals surface area contributed by atoms with Crippen LogP contribution in [0.1, 0.15) is 31.3 Å². The average molecular weight is 180 g/mol. The van der Waals surface area contributed by atoms with Gasteiger partial charge in [0, 0.05) is 12.8 Å². The van der Waals surface area contributed by atoms with Crippen LogP contribution in [0.4, 0.5) is 0 Å². The minimum Gasteiger partial charge on any atom is -0.462 e. The Morgan fingerprint density at radius 1 is 1.46 bits per heavy atom. The summed E-state index contributed by atoms with van der Waals surface area (Å²) in [5.74, 6) is 1.45. The molecule has 0 aliphatic carbocycles. The second-order valence-corrected chi connectivity index (χ2v) is 3.62. The highest BCUT2D eigenvalue weighted by molar-refractivity contribution is 5.72. The van der Waals surface area contributed by atoms with E-state index >= 15 is 0 Å². The third kappa shape index (κ3) is 1.34. The predicted molar refractivity (Wildman–Crippen MR) is 46.1 cm³/mol. The first-order valence-corrected chi connectivity index (χ1v) is 4.39. The molecule has 1 aromatic heterocycles. The Morgan fingerprint density at radius 2 is 2.23 bits per heavy atom. The number of ether oxygens (including phenoxy) is 1. The highest BCUT2D eigenvalue weighted by atomic mass is 16.6. The van der Waals surface area contributed by atoms with Crippen molar-refractivity contribution < 1.29 is 13.9 Å². The number of aryl methyl sites for hydroxylation is 1. The molecule has 3 heteroatoms. The number of cyclic esters (lactones) is 1. The monoisotopic (exact) mass is 180 g/mol. The molecule has 0 bridgehead atoms. The lowest BCUT2D eigenvalue weighted by Gasteiger charge is -2.19. The van der Waals surface area contributed by atoms with Crippen molar-refractivity contribution in [2.45, 2.75) is 32.3 Å². The molecule has 1 aliphatic heterocycles. The zero-order valence-electron chi connectivity index (χ0n) is 7.79. The van der Waals surface area contributed by atoms with Gasteiger partial charge in [0.1, 0.15) is 11.5 Å². The fourth-order valence-electron chi connectivity index (χ4n) is 1.59. The Bertz CT molecular complexity index is 340. The molecule has 0 spiro atoms. The van der Waals surface area contributed by atoms with E-state index < -0.39 is 5.60 Å². The third-order valence-corrected chi connectivity index (χ3v) is 2.41. The van der Waals surface area contributed by atoms with E-state index in [4.69, 9.17) is 9.15 Å². The second kappa shape index (κ2) is 2.62. The van der Waals surface area contributed by atoms with Crippen LogP contribution in [-0.4, -0.2) is 5.97 Å². The lowest BCUT2D eigenvalue weighted by molar-refractivity contribution is -0.149. The third-order valence-electron chi connectivity index (χ3n) is 2.41. The van der Waals surface area contributed by atoms with E-state index in [1.165, 1.54) is 0 Å². The molecule has 0 radical (unpaired) electrons. The van der Waals surface area contributed by atoms with Gasteiger partial charge in [-0.2, -0.15) is 0 Å². The largest absolute Gasteiger partial charge is 0.462 e. The first kappa shape index (κ1) is 8.35. The zero-order chi connectivity index (χ0) is 9.47. The van der Waals surface area contributed by atoms with Gasteiger partial charge < -0.3 is 9.15 Å². The van der Waals surface area contributed by atoms with Gasteiger partial charge in [-0.15, -0.1) is 0 Å². The average Bonchev–Trinajstić information content (AvgIpc) is 2.60. The predicted octanol–water partition coefficient (Wildman–Crippen LogP) is 2.14. The molecule has 1 aliphatic rings. The van der Waals surface area contributed by atoms with Crippen molar-refractivity contribution in [3.63, 3.8) is 0 Å². The molecule has 3 nitrogen and oxygen atoms in total. The summed E-state index contributed by atoms with van der Waals surface area (Å²) in [6.07, 6.45) is 1.19. The maximum absolute atomic E-state index is 11.0. The van der Waals surface area contributed by atoms with Crippen molar-refractivity contribution >= 4 is 5.97 Å². The Morgan fingerprint density at radius 3 is 2.69 bits per heavy atom. The van der Waals surface area contributed by atoms with Gasteiger partial charge in [0.25, 0.3) is 0 Å². The summed E-state index contributed by atoms with van der Waals surface area (Å²) < 4.78 is 10.7. The van der Waals surface area contributed by atoms with Gasteiger partial charge in [-0.3, -0.25) is 4.79 Å². The highest BCUT2D eigenvalue weighted by Gasteiger charge is 2.39. The Kier molecular flexibility index (Phi) is 1.68. The number of furan rings is 1. The van der Waals surface area contributed by atoms with Crippen molar-refractivity contribution in [2.24, 2.45) is 0 Å². The van der Waals surface area contributed by atoms with Crippen LogP contribution in [0, 0.1) is 6.92 Å². The second-order valence-electron chi connectivity index (χ2n) is 3.62. The molecule has 1 fully saturated rings. The summed E-state index contributed by atoms with van der Waals surface area (Å²) in [5, 5.41) is 0. The Labute approximate surface area is 76.7 Å². The topological polar surface area (TPSA) is 39.4 Å². The lowest BCUT2D eigenvalue weighted by Crippen LogP contribution is -2.19. The Hall–Kier alpha value is -1.25. The van der Waals surface area contributed by atoms with Crippen LogP contribution in [0.25, 0.3) is 0 Å². The van der Waals surface area contributed by atoms with E-state index in [1.807, 2.05) is 26.0 Å². The number of hydrogen-bond donors (Lipinski definition) is 0. The fourth-order valence-corrected chi connectivity index (χ4v) is 1.59. The number of rotatable bonds is 1. The van der Waals surface area contributed by atoms with Crippen molar-refractivity contribution in [3.05, 3.63) is 23.7 Å². The van der Waals surface area contributed by atoms with Crippen LogP contribution in [0.3, 0.4) is 0 Å². The smallest absolute Gasteiger partial charge is 0.306 e. The quantitative estimate of drug-likeness (QED) is 0.621. The van der Waals surface area contributed by atoms with Gasteiger partial charge in [0.05, 0.1) is 0 Å². The molecule has 1 atom stereocenters. The molecule has 1 saturated heterocycles. The molecule has 0 N–H and O–H groups in total. The minimum absolute atomic E-state index is 0.142. The van der Waals surface area contributed by atoms with E-state index in [-0.39, 0.29) is 5.97 Å².